The highest BCUT2D eigenvalue weighted by atomic mass is 35.5. The second-order valence-electron chi connectivity index (χ2n) is 5.23. The number of hydrogen-bond acceptors (Lipinski definition) is 4. The van der Waals surface area contributed by atoms with Gasteiger partial charge in [-0.3, -0.25) is 4.79 Å². The van der Waals surface area contributed by atoms with Crippen molar-refractivity contribution in [2.24, 2.45) is 5.10 Å². The molecule has 1 amide bonds. The van der Waals surface area contributed by atoms with Gasteiger partial charge in [0.1, 0.15) is 5.75 Å². The van der Waals surface area contributed by atoms with E-state index in [0.29, 0.717) is 10.8 Å². The number of halogens is 1. The fourth-order valence-electron chi connectivity index (χ4n) is 2.04. The Balaban J connectivity index is 1.83. The molecule has 0 saturated carbocycles. The molecule has 0 unspecified atom stereocenters. The Morgan fingerprint density at radius 1 is 1.25 bits per heavy atom. The number of hydrogen-bond donors (Lipinski definition) is 1. The van der Waals surface area contributed by atoms with Crippen LogP contribution in [-0.4, -0.2) is 25.0 Å². The molecule has 2 aromatic carbocycles. The van der Waals surface area contributed by atoms with Crippen LogP contribution in [0.25, 0.3) is 0 Å². The minimum absolute atomic E-state index is 0.108. The Morgan fingerprint density at radius 2 is 1.88 bits per heavy atom. The van der Waals surface area contributed by atoms with E-state index in [1.165, 1.54) is 4.90 Å². The molecule has 2 rings (SSSR count). The number of carbonyl (C=O) groups excluding carboxylic acids is 1. The lowest BCUT2D eigenvalue weighted by molar-refractivity contribution is -0.123. The predicted molar refractivity (Wildman–Crippen MR) is 100 cm³/mol. The quantitative estimate of drug-likeness (QED) is 0.476. The van der Waals surface area contributed by atoms with Crippen molar-refractivity contribution in [2.75, 3.05) is 12.9 Å². The van der Waals surface area contributed by atoms with Crippen molar-refractivity contribution in [2.45, 2.75) is 18.7 Å². The molecule has 2 aromatic rings. The Bertz CT molecular complexity index is 722. The number of hydrazone groups is 1. The van der Waals surface area contributed by atoms with Gasteiger partial charge in [0, 0.05) is 9.92 Å². The van der Waals surface area contributed by atoms with Gasteiger partial charge in [-0.15, -0.1) is 11.8 Å². The number of nitrogens with one attached hydrogen (secondary N) is 1. The zero-order valence-corrected chi connectivity index (χ0v) is 15.4. The van der Waals surface area contributed by atoms with E-state index in [9.17, 15) is 4.79 Å². The molecule has 0 aromatic heterocycles. The minimum atomic E-state index is -0.322. The molecule has 1 N–H and O–H groups in total. The molecule has 0 spiro atoms. The minimum Gasteiger partial charge on any atom is -0.484 e. The number of rotatable bonds is 6. The highest BCUT2D eigenvalue weighted by Gasteiger charge is 2.06. The zero-order chi connectivity index (χ0) is 17.5. The van der Waals surface area contributed by atoms with Crippen molar-refractivity contribution < 1.29 is 9.53 Å². The van der Waals surface area contributed by atoms with Gasteiger partial charge in [0.05, 0.1) is 6.21 Å². The van der Waals surface area contributed by atoms with Gasteiger partial charge in [0.25, 0.3) is 5.91 Å². The SMILES string of the molecule is CSc1ccc(/C=N\NC(=O)COc2cc(C)c(Cl)c(C)c2)cc1. The maximum Gasteiger partial charge on any atom is 0.277 e. The van der Waals surface area contributed by atoms with Crippen molar-refractivity contribution >= 4 is 35.5 Å². The van der Waals surface area contributed by atoms with Gasteiger partial charge in [0.2, 0.25) is 0 Å². The van der Waals surface area contributed by atoms with Crippen molar-refractivity contribution in [3.05, 3.63) is 58.1 Å². The molecule has 0 aliphatic rings. The number of amides is 1. The lowest BCUT2D eigenvalue weighted by atomic mass is 10.1. The standard InChI is InChI=1S/C18H19ClN2O2S/c1-12-8-15(9-13(2)18(12)19)23-11-17(22)21-20-10-14-4-6-16(24-3)7-5-14/h4-10H,11H2,1-3H3,(H,21,22)/b20-10-. The van der Waals surface area contributed by atoms with Gasteiger partial charge in [-0.25, -0.2) is 5.43 Å². The van der Waals surface area contributed by atoms with Crippen LogP contribution in [0.15, 0.2) is 46.4 Å². The first kappa shape index (κ1) is 18.4. The number of ether oxygens (including phenoxy) is 1. The lowest BCUT2D eigenvalue weighted by Gasteiger charge is -2.09. The van der Waals surface area contributed by atoms with Crippen LogP contribution in [0.2, 0.25) is 5.02 Å². The fraction of sp³-hybridized carbons (Fsp3) is 0.222. The molecule has 0 radical (unpaired) electrons. The van der Waals surface area contributed by atoms with E-state index in [2.05, 4.69) is 10.5 Å². The summed E-state index contributed by atoms with van der Waals surface area (Å²) in [5.74, 6) is 0.290. The Labute approximate surface area is 151 Å². The molecule has 0 saturated heterocycles. The third-order valence-electron chi connectivity index (χ3n) is 3.30. The molecule has 0 heterocycles. The molecule has 4 nitrogen and oxygen atoms in total. The molecular weight excluding hydrogens is 344 g/mol. The third-order valence-corrected chi connectivity index (χ3v) is 4.64. The van der Waals surface area contributed by atoms with Crippen molar-refractivity contribution in [1.29, 1.82) is 0 Å². The molecule has 0 atom stereocenters. The first-order valence-electron chi connectivity index (χ1n) is 7.35. The fourth-order valence-corrected chi connectivity index (χ4v) is 2.56. The van der Waals surface area contributed by atoms with Gasteiger partial charge < -0.3 is 4.74 Å². The summed E-state index contributed by atoms with van der Waals surface area (Å²) >= 11 is 7.78. The van der Waals surface area contributed by atoms with Crippen molar-refractivity contribution in [3.63, 3.8) is 0 Å². The van der Waals surface area contributed by atoms with Gasteiger partial charge in [0.15, 0.2) is 6.61 Å². The topological polar surface area (TPSA) is 50.7 Å². The first-order chi connectivity index (χ1) is 11.5. The highest BCUT2D eigenvalue weighted by molar-refractivity contribution is 7.98. The van der Waals surface area contributed by atoms with Crippen LogP contribution in [-0.2, 0) is 4.79 Å². The molecule has 24 heavy (non-hydrogen) atoms. The Hall–Kier alpha value is -1.98. The van der Waals surface area contributed by atoms with Crippen LogP contribution in [0, 0.1) is 13.8 Å². The third kappa shape index (κ3) is 5.28. The second-order valence-corrected chi connectivity index (χ2v) is 6.48. The summed E-state index contributed by atoms with van der Waals surface area (Å²) in [4.78, 5) is 12.9. The van der Waals surface area contributed by atoms with Crippen LogP contribution in [0.5, 0.6) is 5.75 Å². The summed E-state index contributed by atoms with van der Waals surface area (Å²) in [6.45, 7) is 3.69. The number of benzene rings is 2. The predicted octanol–water partition coefficient (Wildman–Crippen LogP) is 4.21. The molecule has 6 heteroatoms. The van der Waals surface area contributed by atoms with Crippen LogP contribution in [0.1, 0.15) is 16.7 Å². The van der Waals surface area contributed by atoms with E-state index in [1.54, 1.807) is 30.1 Å². The van der Waals surface area contributed by atoms with Crippen molar-refractivity contribution in [3.8, 4) is 5.75 Å². The normalized spacial score (nSPS) is 10.8. The number of carbonyl (C=O) groups is 1. The van der Waals surface area contributed by atoms with Crippen LogP contribution >= 0.6 is 23.4 Å². The smallest absolute Gasteiger partial charge is 0.277 e. The maximum absolute atomic E-state index is 11.8. The Kier molecular flexibility index (Phi) is 6.70. The van der Waals surface area contributed by atoms with Gasteiger partial charge in [-0.2, -0.15) is 5.10 Å². The Morgan fingerprint density at radius 3 is 2.46 bits per heavy atom. The maximum atomic E-state index is 11.8. The molecule has 0 fully saturated rings. The van der Waals surface area contributed by atoms with E-state index in [0.717, 1.165) is 16.7 Å². The molecule has 0 aliphatic carbocycles. The van der Waals surface area contributed by atoms with E-state index in [1.807, 2.05) is 44.4 Å². The van der Waals surface area contributed by atoms with Gasteiger partial charge in [-0.05, 0) is 61.1 Å². The number of nitrogens with zero attached hydrogens (tertiary/aromatic N) is 1. The van der Waals surface area contributed by atoms with E-state index < -0.39 is 0 Å². The zero-order valence-electron chi connectivity index (χ0n) is 13.8. The summed E-state index contributed by atoms with van der Waals surface area (Å²) in [5, 5.41) is 4.64. The monoisotopic (exact) mass is 362 g/mol. The average Bonchev–Trinajstić information content (AvgIpc) is 2.58. The molecular formula is C18H19ClN2O2S. The van der Waals surface area contributed by atoms with Crippen molar-refractivity contribution in [1.82, 2.24) is 5.43 Å². The van der Waals surface area contributed by atoms with Gasteiger partial charge in [-0.1, -0.05) is 23.7 Å². The second kappa shape index (κ2) is 8.76. The average molecular weight is 363 g/mol. The first-order valence-corrected chi connectivity index (χ1v) is 8.95. The summed E-state index contributed by atoms with van der Waals surface area (Å²) in [6, 6.07) is 11.5. The number of aryl methyl sites for hydroxylation is 2. The summed E-state index contributed by atoms with van der Waals surface area (Å²) in [6.07, 6.45) is 3.62. The lowest BCUT2D eigenvalue weighted by Crippen LogP contribution is -2.24. The molecule has 126 valence electrons. The largest absolute Gasteiger partial charge is 0.484 e. The summed E-state index contributed by atoms with van der Waals surface area (Å²) in [7, 11) is 0. The van der Waals surface area contributed by atoms with Gasteiger partial charge >= 0.3 is 0 Å². The van der Waals surface area contributed by atoms with Crippen LogP contribution < -0.4 is 10.2 Å². The number of thioether (sulfide) groups is 1. The van der Waals surface area contributed by atoms with E-state index in [-0.39, 0.29) is 12.5 Å². The molecule has 0 aliphatic heterocycles. The van der Waals surface area contributed by atoms with E-state index in [4.69, 9.17) is 16.3 Å². The summed E-state index contributed by atoms with van der Waals surface area (Å²) in [5.41, 5.74) is 5.19. The molecule has 0 bridgehead atoms. The van der Waals surface area contributed by atoms with E-state index >= 15 is 0 Å². The van der Waals surface area contributed by atoms with Crippen LogP contribution in [0.4, 0.5) is 0 Å². The highest BCUT2D eigenvalue weighted by Crippen LogP contribution is 2.25. The van der Waals surface area contributed by atoms with Crippen LogP contribution in [0.3, 0.4) is 0 Å². The summed E-state index contributed by atoms with van der Waals surface area (Å²) < 4.78 is 5.47.